The van der Waals surface area contributed by atoms with E-state index in [1.54, 1.807) is 7.11 Å². The normalized spacial score (nSPS) is 14.9. The predicted molar refractivity (Wildman–Crippen MR) is 107 cm³/mol. The summed E-state index contributed by atoms with van der Waals surface area (Å²) >= 11 is 0. The number of ether oxygens (including phenoxy) is 2. The molecule has 0 aromatic heterocycles. The Morgan fingerprint density at radius 3 is 2.38 bits per heavy atom. The number of rotatable bonds is 4. The molecule has 0 spiro atoms. The van der Waals surface area contributed by atoms with Gasteiger partial charge in [-0.05, 0) is 41.8 Å². The van der Waals surface area contributed by atoms with E-state index in [0.717, 1.165) is 54.1 Å². The van der Waals surface area contributed by atoms with Crippen molar-refractivity contribution < 1.29 is 9.47 Å². The van der Waals surface area contributed by atoms with Gasteiger partial charge in [0.25, 0.3) is 0 Å². The number of anilines is 1. The topological polar surface area (TPSA) is 34.1 Å². The van der Waals surface area contributed by atoms with E-state index in [2.05, 4.69) is 46.3 Å². The lowest BCUT2D eigenvalue weighted by atomic mass is 10.0. The van der Waals surface area contributed by atoms with Crippen LogP contribution in [0.2, 0.25) is 0 Å². The Bertz CT molecular complexity index is 913. The van der Waals surface area contributed by atoms with Crippen LogP contribution in [0.4, 0.5) is 11.4 Å². The first-order valence-corrected chi connectivity index (χ1v) is 8.88. The summed E-state index contributed by atoms with van der Waals surface area (Å²) in [4.78, 5) is 7.00. The summed E-state index contributed by atoms with van der Waals surface area (Å²) in [5.41, 5.74) is 3.25. The smallest absolute Gasteiger partial charge is 0.126 e. The Kier molecular flexibility index (Phi) is 4.84. The van der Waals surface area contributed by atoms with Crippen molar-refractivity contribution in [2.24, 2.45) is 4.99 Å². The van der Waals surface area contributed by atoms with Gasteiger partial charge in [-0.15, -0.1) is 0 Å². The molecule has 26 heavy (non-hydrogen) atoms. The lowest BCUT2D eigenvalue weighted by molar-refractivity contribution is 0.122. The lowest BCUT2D eigenvalue weighted by Crippen LogP contribution is -2.36. The molecule has 0 unspecified atom stereocenters. The summed E-state index contributed by atoms with van der Waals surface area (Å²) in [7, 11) is 1.70. The quantitative estimate of drug-likeness (QED) is 0.655. The minimum Gasteiger partial charge on any atom is -0.496 e. The Hall–Kier alpha value is -2.85. The number of hydrogen-bond acceptors (Lipinski definition) is 4. The molecule has 1 heterocycles. The van der Waals surface area contributed by atoms with Gasteiger partial charge in [-0.2, -0.15) is 0 Å². The number of hydrogen-bond donors (Lipinski definition) is 0. The Labute approximate surface area is 153 Å². The molecule has 4 heteroatoms. The van der Waals surface area contributed by atoms with Crippen molar-refractivity contribution in [1.29, 1.82) is 0 Å². The maximum Gasteiger partial charge on any atom is 0.126 e. The van der Waals surface area contributed by atoms with Gasteiger partial charge >= 0.3 is 0 Å². The van der Waals surface area contributed by atoms with Gasteiger partial charge < -0.3 is 14.4 Å². The van der Waals surface area contributed by atoms with Crippen molar-refractivity contribution in [1.82, 2.24) is 0 Å². The van der Waals surface area contributed by atoms with E-state index in [0.29, 0.717) is 0 Å². The molecule has 1 fully saturated rings. The summed E-state index contributed by atoms with van der Waals surface area (Å²) in [6, 6.07) is 20.7. The number of methoxy groups -OCH3 is 1. The highest BCUT2D eigenvalue weighted by Gasteiger charge is 2.10. The third-order valence-corrected chi connectivity index (χ3v) is 4.72. The van der Waals surface area contributed by atoms with Crippen LogP contribution in [0.1, 0.15) is 5.56 Å². The van der Waals surface area contributed by atoms with E-state index in [4.69, 9.17) is 9.47 Å². The first-order valence-electron chi connectivity index (χ1n) is 8.88. The van der Waals surface area contributed by atoms with Gasteiger partial charge in [0.05, 0.1) is 26.0 Å². The van der Waals surface area contributed by atoms with Gasteiger partial charge in [0.15, 0.2) is 0 Å². The molecular formula is C22H22N2O2. The Balaban J connectivity index is 1.57. The van der Waals surface area contributed by atoms with Crippen LogP contribution in [-0.2, 0) is 4.74 Å². The molecule has 3 aromatic carbocycles. The van der Waals surface area contributed by atoms with Crippen molar-refractivity contribution in [2.75, 3.05) is 38.3 Å². The summed E-state index contributed by atoms with van der Waals surface area (Å²) in [6.45, 7) is 3.48. The second-order valence-corrected chi connectivity index (χ2v) is 6.28. The molecule has 132 valence electrons. The van der Waals surface area contributed by atoms with Crippen LogP contribution in [0, 0.1) is 0 Å². The highest BCUT2D eigenvalue weighted by atomic mass is 16.5. The number of fused-ring (bicyclic) bond motifs is 1. The monoisotopic (exact) mass is 346 g/mol. The average molecular weight is 346 g/mol. The van der Waals surface area contributed by atoms with Gasteiger partial charge in [-0.1, -0.05) is 24.3 Å². The van der Waals surface area contributed by atoms with Crippen molar-refractivity contribution >= 4 is 28.4 Å². The largest absolute Gasteiger partial charge is 0.496 e. The standard InChI is InChI=1S/C22H22N2O2/c1-25-22-11-6-17(20-4-2-3-5-21(20)22)16-23-18-7-9-19(10-8-18)24-12-14-26-15-13-24/h2-11,16H,12-15H2,1H3. The van der Waals surface area contributed by atoms with E-state index >= 15 is 0 Å². The van der Waals surface area contributed by atoms with Gasteiger partial charge in [-0.3, -0.25) is 4.99 Å². The zero-order chi connectivity index (χ0) is 17.8. The molecular weight excluding hydrogens is 324 g/mol. The molecule has 1 aliphatic heterocycles. The summed E-state index contributed by atoms with van der Waals surface area (Å²) in [5.74, 6) is 0.882. The van der Waals surface area contributed by atoms with Crippen LogP contribution >= 0.6 is 0 Å². The van der Waals surface area contributed by atoms with Crippen LogP contribution in [0.5, 0.6) is 5.75 Å². The van der Waals surface area contributed by atoms with E-state index in [1.807, 2.05) is 30.5 Å². The zero-order valence-electron chi connectivity index (χ0n) is 14.9. The number of morpholine rings is 1. The molecule has 0 bridgehead atoms. The van der Waals surface area contributed by atoms with E-state index in [1.165, 1.54) is 5.69 Å². The average Bonchev–Trinajstić information content (AvgIpc) is 2.73. The van der Waals surface area contributed by atoms with Crippen molar-refractivity contribution in [3.63, 3.8) is 0 Å². The van der Waals surface area contributed by atoms with Gasteiger partial charge in [0, 0.05) is 35.9 Å². The van der Waals surface area contributed by atoms with Crippen molar-refractivity contribution in [3.8, 4) is 5.75 Å². The van der Waals surface area contributed by atoms with E-state index < -0.39 is 0 Å². The SMILES string of the molecule is COc1ccc(C=Nc2ccc(N3CCOCC3)cc2)c2ccccc12. The molecule has 0 amide bonds. The number of benzene rings is 3. The molecule has 3 aromatic rings. The van der Waals surface area contributed by atoms with Crippen LogP contribution in [0.15, 0.2) is 65.7 Å². The third kappa shape index (κ3) is 3.41. The molecule has 0 saturated carbocycles. The second kappa shape index (κ2) is 7.58. The van der Waals surface area contributed by atoms with E-state index in [-0.39, 0.29) is 0 Å². The zero-order valence-corrected chi connectivity index (χ0v) is 14.9. The summed E-state index contributed by atoms with van der Waals surface area (Å²) < 4.78 is 10.9. The number of aliphatic imine (C=N–C) groups is 1. The minimum atomic E-state index is 0.796. The fourth-order valence-electron chi connectivity index (χ4n) is 3.30. The van der Waals surface area contributed by atoms with Gasteiger partial charge in [0.1, 0.15) is 5.75 Å². The second-order valence-electron chi connectivity index (χ2n) is 6.28. The Morgan fingerprint density at radius 2 is 1.65 bits per heavy atom. The first-order chi connectivity index (χ1) is 12.8. The van der Waals surface area contributed by atoms with Gasteiger partial charge in [-0.25, -0.2) is 0 Å². The molecule has 1 aliphatic rings. The van der Waals surface area contributed by atoms with E-state index in [9.17, 15) is 0 Å². The third-order valence-electron chi connectivity index (χ3n) is 4.72. The fraction of sp³-hybridized carbons (Fsp3) is 0.227. The maximum atomic E-state index is 5.46. The fourth-order valence-corrected chi connectivity index (χ4v) is 3.30. The predicted octanol–water partition coefficient (Wildman–Crippen LogP) is 4.44. The number of nitrogens with zero attached hydrogens (tertiary/aromatic N) is 2. The molecule has 0 aliphatic carbocycles. The highest BCUT2D eigenvalue weighted by molar-refractivity contribution is 6.02. The first kappa shape index (κ1) is 16.6. The van der Waals surface area contributed by atoms with Crippen molar-refractivity contribution in [3.05, 3.63) is 66.2 Å². The van der Waals surface area contributed by atoms with Crippen molar-refractivity contribution in [2.45, 2.75) is 0 Å². The molecule has 4 nitrogen and oxygen atoms in total. The van der Waals surface area contributed by atoms with Crippen LogP contribution in [-0.4, -0.2) is 39.6 Å². The Morgan fingerprint density at radius 1 is 0.923 bits per heavy atom. The molecule has 0 N–H and O–H groups in total. The minimum absolute atomic E-state index is 0.796. The highest BCUT2D eigenvalue weighted by Crippen LogP contribution is 2.28. The van der Waals surface area contributed by atoms with Crippen LogP contribution in [0.25, 0.3) is 10.8 Å². The summed E-state index contributed by atoms with van der Waals surface area (Å²) in [5, 5.41) is 2.24. The molecule has 1 saturated heterocycles. The maximum absolute atomic E-state index is 5.46. The molecule has 0 radical (unpaired) electrons. The van der Waals surface area contributed by atoms with Crippen LogP contribution < -0.4 is 9.64 Å². The lowest BCUT2D eigenvalue weighted by Gasteiger charge is -2.28. The van der Waals surface area contributed by atoms with Gasteiger partial charge in [0.2, 0.25) is 0 Å². The molecule has 4 rings (SSSR count). The molecule has 0 atom stereocenters. The van der Waals surface area contributed by atoms with Crippen LogP contribution in [0.3, 0.4) is 0 Å². The summed E-state index contributed by atoms with van der Waals surface area (Å²) in [6.07, 6.45) is 1.92.